The topological polar surface area (TPSA) is 37.8 Å². The van der Waals surface area contributed by atoms with Gasteiger partial charge in [0.2, 0.25) is 0 Å². The van der Waals surface area contributed by atoms with Crippen LogP contribution >= 0.6 is 0 Å². The molecule has 0 amide bonds. The molecule has 7 heteroatoms. The number of halogens is 4. The molecule has 0 bridgehead atoms. The van der Waals surface area contributed by atoms with E-state index in [9.17, 15) is 17.6 Å². The lowest BCUT2D eigenvalue weighted by molar-refractivity contribution is -0.141. The van der Waals surface area contributed by atoms with Crippen molar-refractivity contribution in [2.24, 2.45) is 5.92 Å². The van der Waals surface area contributed by atoms with Crippen LogP contribution < -0.4 is 5.32 Å². The molecule has 2 heterocycles. The van der Waals surface area contributed by atoms with Crippen LogP contribution in [-0.4, -0.2) is 16.0 Å². The Balaban J connectivity index is 2.28. The van der Waals surface area contributed by atoms with Crippen molar-refractivity contribution in [3.05, 3.63) is 47.7 Å². The molecule has 1 N–H and O–H groups in total. The minimum Gasteiger partial charge on any atom is -0.308 e. The van der Waals surface area contributed by atoms with Crippen molar-refractivity contribution in [1.82, 2.24) is 15.3 Å². The molecule has 0 spiro atoms. The van der Waals surface area contributed by atoms with Crippen LogP contribution in [-0.2, 0) is 12.7 Å². The molecule has 0 aliphatic heterocycles. The van der Waals surface area contributed by atoms with Crippen LogP contribution in [0.2, 0.25) is 0 Å². The summed E-state index contributed by atoms with van der Waals surface area (Å²) < 4.78 is 52.2. The minimum atomic E-state index is -4.53. The number of rotatable bonds is 5. The summed E-state index contributed by atoms with van der Waals surface area (Å²) in [5, 5.41) is 3.16. The van der Waals surface area contributed by atoms with Gasteiger partial charge in [-0.15, -0.1) is 0 Å². The van der Waals surface area contributed by atoms with E-state index in [-0.39, 0.29) is 29.5 Å². The molecule has 0 fully saturated rings. The Hall–Kier alpha value is -2.02. The normalized spacial score (nSPS) is 13.3. The average molecular weight is 341 g/mol. The zero-order chi connectivity index (χ0) is 17.9. The monoisotopic (exact) mass is 341 g/mol. The van der Waals surface area contributed by atoms with E-state index >= 15 is 0 Å². The molecule has 0 unspecified atom stereocenters. The zero-order valence-electron chi connectivity index (χ0n) is 13.7. The van der Waals surface area contributed by atoms with Gasteiger partial charge in [-0.25, -0.2) is 9.37 Å². The maximum absolute atomic E-state index is 13.9. The highest BCUT2D eigenvalue weighted by molar-refractivity contribution is 5.59. The summed E-state index contributed by atoms with van der Waals surface area (Å²) in [4.78, 5) is 7.48. The first kappa shape index (κ1) is 18.3. The van der Waals surface area contributed by atoms with E-state index in [1.54, 1.807) is 0 Å². The van der Waals surface area contributed by atoms with Gasteiger partial charge in [0.15, 0.2) is 0 Å². The number of nitrogens with zero attached hydrogens (tertiary/aromatic N) is 2. The number of pyridine rings is 2. The summed E-state index contributed by atoms with van der Waals surface area (Å²) in [6, 6.07) is 5.07. The Bertz CT molecular complexity index is 698. The van der Waals surface area contributed by atoms with Gasteiger partial charge in [-0.05, 0) is 37.1 Å². The van der Waals surface area contributed by atoms with Gasteiger partial charge >= 0.3 is 6.18 Å². The van der Waals surface area contributed by atoms with Crippen LogP contribution in [0.1, 0.15) is 32.2 Å². The van der Waals surface area contributed by atoms with Crippen molar-refractivity contribution in [1.29, 1.82) is 0 Å². The summed E-state index contributed by atoms with van der Waals surface area (Å²) in [5.41, 5.74) is -0.307. The lowest BCUT2D eigenvalue weighted by atomic mass is 10.1. The fraction of sp³-hybridized carbons (Fsp3) is 0.412. The lowest BCUT2D eigenvalue weighted by Gasteiger charge is -2.17. The van der Waals surface area contributed by atoms with E-state index in [4.69, 9.17) is 0 Å². The van der Waals surface area contributed by atoms with Crippen LogP contribution in [0.3, 0.4) is 0 Å². The highest BCUT2D eigenvalue weighted by atomic mass is 19.4. The van der Waals surface area contributed by atoms with Gasteiger partial charge in [-0.3, -0.25) is 4.98 Å². The predicted molar refractivity (Wildman–Crippen MR) is 83.6 cm³/mol. The van der Waals surface area contributed by atoms with Crippen molar-refractivity contribution < 1.29 is 17.6 Å². The molecule has 0 saturated carbocycles. The molecule has 1 atom stereocenters. The van der Waals surface area contributed by atoms with Gasteiger partial charge in [-0.1, -0.05) is 13.8 Å². The highest BCUT2D eigenvalue weighted by Gasteiger charge is 2.32. The van der Waals surface area contributed by atoms with Gasteiger partial charge in [0.05, 0.1) is 11.4 Å². The van der Waals surface area contributed by atoms with Crippen LogP contribution in [0.25, 0.3) is 11.3 Å². The minimum absolute atomic E-state index is 0.160. The van der Waals surface area contributed by atoms with Gasteiger partial charge in [0.25, 0.3) is 0 Å². The molecule has 0 aliphatic carbocycles. The maximum Gasteiger partial charge on any atom is 0.433 e. The van der Waals surface area contributed by atoms with Crippen LogP contribution in [0.15, 0.2) is 30.5 Å². The second kappa shape index (κ2) is 7.25. The molecule has 130 valence electrons. The summed E-state index contributed by atoms with van der Waals surface area (Å²) >= 11 is 0. The van der Waals surface area contributed by atoms with Gasteiger partial charge in [0.1, 0.15) is 11.5 Å². The lowest BCUT2D eigenvalue weighted by Crippen LogP contribution is -2.30. The first-order valence-corrected chi connectivity index (χ1v) is 7.61. The molecule has 2 aromatic heterocycles. The van der Waals surface area contributed by atoms with Crippen molar-refractivity contribution in [3.63, 3.8) is 0 Å². The van der Waals surface area contributed by atoms with Gasteiger partial charge in [-0.2, -0.15) is 13.2 Å². The van der Waals surface area contributed by atoms with Gasteiger partial charge < -0.3 is 5.32 Å². The van der Waals surface area contributed by atoms with E-state index in [1.807, 2.05) is 20.8 Å². The largest absolute Gasteiger partial charge is 0.433 e. The van der Waals surface area contributed by atoms with E-state index in [0.29, 0.717) is 5.92 Å². The number of aromatic nitrogens is 2. The average Bonchev–Trinajstić information content (AvgIpc) is 2.53. The van der Waals surface area contributed by atoms with Crippen LogP contribution in [0.4, 0.5) is 17.6 Å². The molecule has 0 aliphatic rings. The second-order valence-corrected chi connectivity index (χ2v) is 5.97. The van der Waals surface area contributed by atoms with E-state index in [0.717, 1.165) is 12.3 Å². The molecular weight excluding hydrogens is 322 g/mol. The Kier molecular flexibility index (Phi) is 5.54. The van der Waals surface area contributed by atoms with Crippen molar-refractivity contribution >= 4 is 0 Å². The summed E-state index contributed by atoms with van der Waals surface area (Å²) in [5.74, 6) is -0.127. The fourth-order valence-electron chi connectivity index (χ4n) is 2.01. The molecule has 0 radical (unpaired) electrons. The fourth-order valence-corrected chi connectivity index (χ4v) is 2.01. The molecule has 2 aromatic rings. The van der Waals surface area contributed by atoms with Crippen molar-refractivity contribution in [3.8, 4) is 11.3 Å². The first-order chi connectivity index (χ1) is 11.2. The molecular formula is C17H19F4N3. The first-order valence-electron chi connectivity index (χ1n) is 7.61. The Labute approximate surface area is 138 Å². The predicted octanol–water partition coefficient (Wildman–Crippen LogP) is 4.44. The molecule has 2 rings (SSSR count). The Morgan fingerprint density at radius 1 is 1.12 bits per heavy atom. The van der Waals surface area contributed by atoms with Crippen LogP contribution in [0, 0.1) is 11.7 Å². The number of hydrogen-bond acceptors (Lipinski definition) is 3. The summed E-state index contributed by atoms with van der Waals surface area (Å²) in [6.45, 7) is 6.25. The summed E-state index contributed by atoms with van der Waals surface area (Å²) in [6.07, 6.45) is -3.46. The number of nitrogens with one attached hydrogen (secondary N) is 1. The maximum atomic E-state index is 13.9. The number of hydrogen-bond donors (Lipinski definition) is 1. The highest BCUT2D eigenvalue weighted by Crippen LogP contribution is 2.30. The SMILES string of the molecule is CC(C)[C@@H](C)NCc1nc(-c2ccnc(C(F)(F)F)c2)ccc1F. The van der Waals surface area contributed by atoms with Crippen LogP contribution in [0.5, 0.6) is 0 Å². The quantitative estimate of drug-likeness (QED) is 0.817. The third-order valence-corrected chi connectivity index (χ3v) is 3.86. The van der Waals surface area contributed by atoms with Crippen molar-refractivity contribution in [2.75, 3.05) is 0 Å². The Morgan fingerprint density at radius 2 is 1.83 bits per heavy atom. The standard InChI is InChI=1S/C17H19F4N3/c1-10(2)11(3)23-9-15-13(18)4-5-14(24-15)12-6-7-22-16(8-12)17(19,20)21/h4-8,10-11,23H,9H2,1-3H3/t11-/m1/s1. The smallest absolute Gasteiger partial charge is 0.308 e. The van der Waals surface area contributed by atoms with Crippen molar-refractivity contribution in [2.45, 2.75) is 39.5 Å². The molecule has 24 heavy (non-hydrogen) atoms. The molecule has 0 aromatic carbocycles. The third kappa shape index (κ3) is 4.50. The van der Waals surface area contributed by atoms with E-state index < -0.39 is 17.7 Å². The van der Waals surface area contributed by atoms with E-state index in [1.165, 1.54) is 18.2 Å². The second-order valence-electron chi connectivity index (χ2n) is 5.97. The molecule has 3 nitrogen and oxygen atoms in total. The third-order valence-electron chi connectivity index (χ3n) is 3.86. The Morgan fingerprint density at radius 3 is 2.46 bits per heavy atom. The number of alkyl halides is 3. The van der Waals surface area contributed by atoms with E-state index in [2.05, 4.69) is 15.3 Å². The molecule has 0 saturated heterocycles. The summed E-state index contributed by atoms with van der Waals surface area (Å²) in [7, 11) is 0. The zero-order valence-corrected chi connectivity index (χ0v) is 13.7. The van der Waals surface area contributed by atoms with Gasteiger partial charge in [0, 0.05) is 24.3 Å².